The molecule has 5 nitrogen and oxygen atoms in total. The third-order valence-corrected chi connectivity index (χ3v) is 2.44. The highest BCUT2D eigenvalue weighted by Gasteiger charge is 2.04. The maximum atomic E-state index is 11.4. The van der Waals surface area contributed by atoms with Gasteiger partial charge in [0.05, 0.1) is 0 Å². The summed E-state index contributed by atoms with van der Waals surface area (Å²) in [5.74, 6) is -0.896. The van der Waals surface area contributed by atoms with Crippen molar-refractivity contribution in [2.75, 3.05) is 13.1 Å². The second-order valence-electron chi connectivity index (χ2n) is 4.02. The summed E-state index contributed by atoms with van der Waals surface area (Å²) < 4.78 is 0. The molecule has 0 aromatic carbocycles. The first-order valence-corrected chi connectivity index (χ1v) is 5.87. The largest absolute Gasteiger partial charge is 0.478 e. The number of hydrogen-bond donors (Lipinski definition) is 3. The monoisotopic (exact) mass is 242 g/mol. The van der Waals surface area contributed by atoms with Crippen LogP contribution in [0.3, 0.4) is 0 Å². The number of carbonyl (C=O) groups excluding carboxylic acids is 1. The molecule has 1 unspecified atom stereocenters. The average molecular weight is 242 g/mol. The molecule has 0 fully saturated rings. The number of amides is 1. The molecule has 3 N–H and O–H groups in total. The zero-order chi connectivity index (χ0) is 13.3. The van der Waals surface area contributed by atoms with E-state index < -0.39 is 5.97 Å². The summed E-state index contributed by atoms with van der Waals surface area (Å²) in [7, 11) is 0. The van der Waals surface area contributed by atoms with Crippen LogP contribution >= 0.6 is 0 Å². The third-order valence-electron chi connectivity index (χ3n) is 2.44. The van der Waals surface area contributed by atoms with Crippen LogP contribution in [-0.2, 0) is 9.59 Å². The Balaban J connectivity index is 3.62. The van der Waals surface area contributed by atoms with Crippen LogP contribution in [-0.4, -0.2) is 36.1 Å². The van der Waals surface area contributed by atoms with E-state index in [0.717, 1.165) is 6.42 Å². The lowest BCUT2D eigenvalue weighted by Crippen LogP contribution is -2.34. The molecular weight excluding hydrogens is 220 g/mol. The molecule has 0 aliphatic rings. The SMILES string of the molecule is CCC(C)NC(=O)CCNC/C=C(/C)C(=O)O. The van der Waals surface area contributed by atoms with E-state index >= 15 is 0 Å². The molecule has 0 heterocycles. The van der Waals surface area contributed by atoms with E-state index in [1.54, 1.807) is 13.0 Å². The van der Waals surface area contributed by atoms with Crippen LogP contribution in [0.4, 0.5) is 0 Å². The molecule has 0 spiro atoms. The van der Waals surface area contributed by atoms with Gasteiger partial charge in [-0.1, -0.05) is 13.0 Å². The number of nitrogens with one attached hydrogen (secondary N) is 2. The van der Waals surface area contributed by atoms with Gasteiger partial charge in [0.15, 0.2) is 0 Å². The fraction of sp³-hybridized carbons (Fsp3) is 0.667. The maximum Gasteiger partial charge on any atom is 0.330 e. The molecule has 0 radical (unpaired) electrons. The molecule has 0 saturated heterocycles. The molecule has 1 amide bonds. The van der Waals surface area contributed by atoms with Crippen molar-refractivity contribution in [1.82, 2.24) is 10.6 Å². The van der Waals surface area contributed by atoms with Gasteiger partial charge >= 0.3 is 5.97 Å². The van der Waals surface area contributed by atoms with Crippen molar-refractivity contribution in [2.45, 2.75) is 39.7 Å². The van der Waals surface area contributed by atoms with E-state index in [1.807, 2.05) is 13.8 Å². The lowest BCUT2D eigenvalue weighted by atomic mass is 10.2. The van der Waals surface area contributed by atoms with E-state index in [1.165, 1.54) is 0 Å². The minimum absolute atomic E-state index is 0.0192. The summed E-state index contributed by atoms with van der Waals surface area (Å²) in [6, 6.07) is 0.205. The van der Waals surface area contributed by atoms with Crippen molar-refractivity contribution in [3.63, 3.8) is 0 Å². The summed E-state index contributed by atoms with van der Waals surface area (Å²) in [4.78, 5) is 21.8. The van der Waals surface area contributed by atoms with Crippen LogP contribution in [0.1, 0.15) is 33.6 Å². The van der Waals surface area contributed by atoms with Crippen molar-refractivity contribution < 1.29 is 14.7 Å². The molecular formula is C12H22N2O3. The van der Waals surface area contributed by atoms with Gasteiger partial charge in [0, 0.05) is 31.1 Å². The van der Waals surface area contributed by atoms with Crippen molar-refractivity contribution >= 4 is 11.9 Å². The first-order chi connectivity index (χ1) is 7.97. The molecule has 0 bridgehead atoms. The van der Waals surface area contributed by atoms with Gasteiger partial charge in [0.25, 0.3) is 0 Å². The molecule has 0 aromatic heterocycles. The van der Waals surface area contributed by atoms with E-state index in [4.69, 9.17) is 5.11 Å². The number of hydrogen-bond acceptors (Lipinski definition) is 3. The Morgan fingerprint density at radius 1 is 1.41 bits per heavy atom. The minimum atomic E-state index is -0.915. The van der Waals surface area contributed by atoms with E-state index in [-0.39, 0.29) is 11.9 Å². The summed E-state index contributed by atoms with van der Waals surface area (Å²) >= 11 is 0. The first kappa shape index (κ1) is 15.6. The highest BCUT2D eigenvalue weighted by Crippen LogP contribution is 1.91. The van der Waals surface area contributed by atoms with E-state index in [0.29, 0.717) is 25.1 Å². The van der Waals surface area contributed by atoms with Gasteiger partial charge in [-0.25, -0.2) is 4.79 Å². The van der Waals surface area contributed by atoms with Crippen LogP contribution in [0.25, 0.3) is 0 Å². The van der Waals surface area contributed by atoms with Gasteiger partial charge < -0.3 is 15.7 Å². The Bertz CT molecular complexity index is 287. The Morgan fingerprint density at radius 3 is 2.59 bits per heavy atom. The maximum absolute atomic E-state index is 11.4. The first-order valence-electron chi connectivity index (χ1n) is 5.87. The molecule has 0 aromatic rings. The highest BCUT2D eigenvalue weighted by molar-refractivity contribution is 5.85. The van der Waals surface area contributed by atoms with E-state index in [9.17, 15) is 9.59 Å². The van der Waals surface area contributed by atoms with Gasteiger partial charge in [-0.15, -0.1) is 0 Å². The molecule has 0 rings (SSSR count). The number of rotatable bonds is 8. The quantitative estimate of drug-likeness (QED) is 0.437. The van der Waals surface area contributed by atoms with Gasteiger partial charge in [-0.2, -0.15) is 0 Å². The number of aliphatic carboxylic acids is 1. The Hall–Kier alpha value is -1.36. The minimum Gasteiger partial charge on any atom is -0.478 e. The fourth-order valence-corrected chi connectivity index (χ4v) is 1.07. The van der Waals surface area contributed by atoms with Crippen LogP contribution in [0.15, 0.2) is 11.6 Å². The Kier molecular flexibility index (Phi) is 8.05. The Labute approximate surface area is 102 Å². The van der Waals surface area contributed by atoms with Crippen LogP contribution in [0, 0.1) is 0 Å². The van der Waals surface area contributed by atoms with Gasteiger partial charge in [0.2, 0.25) is 5.91 Å². The number of carboxylic acids is 1. The third kappa shape index (κ3) is 8.45. The average Bonchev–Trinajstić information content (AvgIpc) is 2.27. The second kappa shape index (κ2) is 8.75. The zero-order valence-corrected chi connectivity index (χ0v) is 10.7. The summed E-state index contributed by atoms with van der Waals surface area (Å²) in [5, 5.41) is 14.4. The molecule has 0 aliphatic carbocycles. The molecule has 1 atom stereocenters. The van der Waals surface area contributed by atoms with Crippen LogP contribution < -0.4 is 10.6 Å². The van der Waals surface area contributed by atoms with E-state index in [2.05, 4.69) is 10.6 Å². The van der Waals surface area contributed by atoms with Gasteiger partial charge in [-0.3, -0.25) is 4.79 Å². The Morgan fingerprint density at radius 2 is 2.06 bits per heavy atom. The molecule has 0 aliphatic heterocycles. The van der Waals surface area contributed by atoms with Crippen molar-refractivity contribution in [3.8, 4) is 0 Å². The number of carboxylic acid groups (broad SMARTS) is 1. The lowest BCUT2D eigenvalue weighted by molar-refractivity contribution is -0.132. The lowest BCUT2D eigenvalue weighted by Gasteiger charge is -2.11. The van der Waals surface area contributed by atoms with Crippen molar-refractivity contribution in [3.05, 3.63) is 11.6 Å². The summed E-state index contributed by atoms with van der Waals surface area (Å²) in [5.41, 5.74) is 0.307. The normalized spacial score (nSPS) is 13.2. The van der Waals surface area contributed by atoms with Gasteiger partial charge in [0.1, 0.15) is 0 Å². The summed E-state index contributed by atoms with van der Waals surface area (Å²) in [6.45, 7) is 6.53. The standard InChI is InChI=1S/C12H22N2O3/c1-4-10(3)14-11(15)6-8-13-7-5-9(2)12(16)17/h5,10,13H,4,6-8H2,1-3H3,(H,14,15)(H,16,17)/b9-5-. The smallest absolute Gasteiger partial charge is 0.330 e. The van der Waals surface area contributed by atoms with Crippen LogP contribution in [0.2, 0.25) is 0 Å². The predicted molar refractivity (Wildman–Crippen MR) is 66.8 cm³/mol. The second-order valence-corrected chi connectivity index (χ2v) is 4.02. The van der Waals surface area contributed by atoms with Gasteiger partial charge in [-0.05, 0) is 20.3 Å². The predicted octanol–water partition coefficient (Wildman–Crippen LogP) is 0.912. The zero-order valence-electron chi connectivity index (χ0n) is 10.7. The number of carbonyl (C=O) groups is 2. The molecule has 17 heavy (non-hydrogen) atoms. The highest BCUT2D eigenvalue weighted by atomic mass is 16.4. The van der Waals surface area contributed by atoms with Crippen molar-refractivity contribution in [2.24, 2.45) is 0 Å². The van der Waals surface area contributed by atoms with Crippen LogP contribution in [0.5, 0.6) is 0 Å². The fourth-order valence-electron chi connectivity index (χ4n) is 1.07. The molecule has 98 valence electrons. The summed E-state index contributed by atoms with van der Waals surface area (Å²) in [6.07, 6.45) is 2.92. The molecule has 5 heteroatoms. The molecule has 0 saturated carbocycles. The van der Waals surface area contributed by atoms with Crippen molar-refractivity contribution in [1.29, 1.82) is 0 Å². The topological polar surface area (TPSA) is 78.4 Å².